The van der Waals surface area contributed by atoms with E-state index in [4.69, 9.17) is 9.84 Å². The van der Waals surface area contributed by atoms with E-state index in [0.717, 1.165) is 0 Å². The molecule has 0 rings (SSSR count). The van der Waals surface area contributed by atoms with Gasteiger partial charge in [-0.15, -0.1) is 0 Å². The van der Waals surface area contributed by atoms with Gasteiger partial charge in [-0.05, 0) is 13.8 Å². The van der Waals surface area contributed by atoms with Crippen molar-refractivity contribution in [2.24, 2.45) is 5.92 Å². The molecule has 1 N–H and O–H groups in total. The zero-order valence-electron chi connectivity index (χ0n) is 12.6. The second-order valence-electron chi connectivity index (χ2n) is 4.54. The summed E-state index contributed by atoms with van der Waals surface area (Å²) in [6.07, 6.45) is 0.127. The van der Waals surface area contributed by atoms with E-state index < -0.39 is 11.9 Å². The lowest BCUT2D eigenvalue weighted by Gasteiger charge is -2.28. The summed E-state index contributed by atoms with van der Waals surface area (Å²) in [7, 11) is 1.58. The van der Waals surface area contributed by atoms with Crippen LogP contribution < -0.4 is 0 Å². The largest absolute Gasteiger partial charge is 0.481 e. The number of carbonyl (C=O) groups is 3. The molecule has 116 valence electrons. The fraction of sp³-hybridized carbons (Fsp3) is 0.769. The first-order chi connectivity index (χ1) is 9.33. The van der Waals surface area contributed by atoms with Gasteiger partial charge in [0.25, 0.3) is 0 Å². The summed E-state index contributed by atoms with van der Waals surface area (Å²) >= 11 is 0. The van der Waals surface area contributed by atoms with Gasteiger partial charge in [-0.1, -0.05) is 6.92 Å². The summed E-state index contributed by atoms with van der Waals surface area (Å²) in [6.45, 7) is 6.18. The van der Waals surface area contributed by atoms with Crippen LogP contribution >= 0.6 is 0 Å². The number of rotatable bonds is 8. The highest BCUT2D eigenvalue weighted by Crippen LogP contribution is 2.04. The van der Waals surface area contributed by atoms with Gasteiger partial charge in [-0.2, -0.15) is 0 Å². The minimum atomic E-state index is -0.939. The molecule has 0 radical (unpaired) electrons. The van der Waals surface area contributed by atoms with Crippen molar-refractivity contribution in [3.63, 3.8) is 0 Å². The van der Waals surface area contributed by atoms with E-state index in [-0.39, 0.29) is 31.5 Å². The van der Waals surface area contributed by atoms with Crippen LogP contribution in [0.15, 0.2) is 0 Å². The van der Waals surface area contributed by atoms with Crippen molar-refractivity contribution in [2.45, 2.75) is 27.2 Å². The first kappa shape index (κ1) is 18.2. The first-order valence-electron chi connectivity index (χ1n) is 6.71. The van der Waals surface area contributed by atoms with E-state index in [1.807, 2.05) is 0 Å². The molecular weight excluding hydrogens is 264 g/mol. The van der Waals surface area contributed by atoms with Crippen molar-refractivity contribution >= 4 is 18.0 Å². The summed E-state index contributed by atoms with van der Waals surface area (Å²) in [4.78, 5) is 37.0. The number of esters is 1. The van der Waals surface area contributed by atoms with Crippen LogP contribution in [0.5, 0.6) is 0 Å². The molecule has 0 fully saturated rings. The Morgan fingerprint density at radius 3 is 2.30 bits per heavy atom. The average Bonchev–Trinajstić information content (AvgIpc) is 2.41. The molecule has 7 nitrogen and oxygen atoms in total. The van der Waals surface area contributed by atoms with Crippen LogP contribution in [0.3, 0.4) is 0 Å². The predicted octanol–water partition coefficient (Wildman–Crippen LogP) is 1.03. The molecule has 0 aliphatic heterocycles. The van der Waals surface area contributed by atoms with Crippen LogP contribution in [0.4, 0.5) is 4.79 Å². The Morgan fingerprint density at radius 2 is 1.85 bits per heavy atom. The number of carbonyl (C=O) groups excluding carboxylic acids is 2. The van der Waals surface area contributed by atoms with E-state index in [0.29, 0.717) is 13.2 Å². The summed E-state index contributed by atoms with van der Waals surface area (Å²) in [5, 5.41) is 8.87. The number of carboxylic acids is 1. The predicted molar refractivity (Wildman–Crippen MR) is 73.3 cm³/mol. The maximum atomic E-state index is 12.1. The Hall–Kier alpha value is -1.79. The van der Waals surface area contributed by atoms with Gasteiger partial charge in [0.2, 0.25) is 0 Å². The molecule has 0 saturated heterocycles. The van der Waals surface area contributed by atoms with Crippen LogP contribution in [0.25, 0.3) is 0 Å². The Morgan fingerprint density at radius 1 is 1.25 bits per heavy atom. The van der Waals surface area contributed by atoms with Crippen molar-refractivity contribution in [2.75, 3.05) is 33.3 Å². The number of urea groups is 1. The highest BCUT2D eigenvalue weighted by molar-refractivity contribution is 5.77. The lowest BCUT2D eigenvalue weighted by Crippen LogP contribution is -2.44. The van der Waals surface area contributed by atoms with E-state index in [2.05, 4.69) is 0 Å². The van der Waals surface area contributed by atoms with Crippen molar-refractivity contribution in [1.29, 1.82) is 0 Å². The van der Waals surface area contributed by atoms with Crippen molar-refractivity contribution in [3.05, 3.63) is 0 Å². The van der Waals surface area contributed by atoms with E-state index in [1.165, 1.54) is 9.80 Å². The van der Waals surface area contributed by atoms with Crippen molar-refractivity contribution in [3.8, 4) is 0 Å². The maximum absolute atomic E-state index is 12.1. The summed E-state index contributed by atoms with van der Waals surface area (Å²) in [6, 6.07) is -0.287. The lowest BCUT2D eigenvalue weighted by atomic mass is 10.2. The molecule has 7 heteroatoms. The molecule has 0 heterocycles. The Kier molecular flexibility index (Phi) is 8.35. The third kappa shape index (κ3) is 6.40. The number of hydrogen-bond donors (Lipinski definition) is 1. The molecular formula is C13H24N2O5. The lowest BCUT2D eigenvalue weighted by molar-refractivity contribution is -0.143. The molecule has 20 heavy (non-hydrogen) atoms. The minimum Gasteiger partial charge on any atom is -0.481 e. The minimum absolute atomic E-state index is 0.127. The van der Waals surface area contributed by atoms with Gasteiger partial charge >= 0.3 is 18.0 Å². The third-order valence-electron chi connectivity index (χ3n) is 2.85. The van der Waals surface area contributed by atoms with Gasteiger partial charge in [-0.25, -0.2) is 4.79 Å². The smallest absolute Gasteiger partial charge is 0.319 e. The third-order valence-corrected chi connectivity index (χ3v) is 2.85. The summed E-state index contributed by atoms with van der Waals surface area (Å²) in [5.74, 6) is -1.92. The molecule has 0 aromatic rings. The van der Waals surface area contributed by atoms with E-state index in [9.17, 15) is 14.4 Å². The summed E-state index contributed by atoms with van der Waals surface area (Å²) < 4.78 is 4.79. The van der Waals surface area contributed by atoms with Crippen LogP contribution in [0, 0.1) is 5.92 Å². The average molecular weight is 288 g/mol. The molecule has 0 aromatic carbocycles. The second-order valence-corrected chi connectivity index (χ2v) is 4.54. The van der Waals surface area contributed by atoms with Gasteiger partial charge in [-0.3, -0.25) is 9.59 Å². The van der Waals surface area contributed by atoms with Gasteiger partial charge in [0.1, 0.15) is 0 Å². The first-order valence-corrected chi connectivity index (χ1v) is 6.71. The SMILES string of the molecule is CCOC(=O)CCN(C)C(=O)N(CC)CC(C)C(=O)O. The van der Waals surface area contributed by atoms with Crippen LogP contribution in [0.1, 0.15) is 27.2 Å². The molecule has 0 aromatic heterocycles. The Balaban J connectivity index is 4.37. The van der Waals surface area contributed by atoms with Gasteiger partial charge < -0.3 is 19.6 Å². The Labute approximate surface area is 119 Å². The van der Waals surface area contributed by atoms with E-state index >= 15 is 0 Å². The number of nitrogens with zero attached hydrogens (tertiary/aromatic N) is 2. The molecule has 0 aliphatic carbocycles. The van der Waals surface area contributed by atoms with Crippen LogP contribution in [-0.4, -0.2) is 66.2 Å². The molecule has 0 spiro atoms. The molecule has 0 aliphatic rings. The summed E-state index contributed by atoms with van der Waals surface area (Å²) in [5.41, 5.74) is 0. The molecule has 1 unspecified atom stereocenters. The fourth-order valence-electron chi connectivity index (χ4n) is 1.58. The Bertz CT molecular complexity index is 346. The van der Waals surface area contributed by atoms with E-state index in [1.54, 1.807) is 27.8 Å². The number of hydrogen-bond acceptors (Lipinski definition) is 4. The zero-order valence-corrected chi connectivity index (χ0v) is 12.6. The molecule has 1 atom stereocenters. The second kappa shape index (κ2) is 9.17. The number of carboxylic acid groups (broad SMARTS) is 1. The highest BCUT2D eigenvalue weighted by atomic mass is 16.5. The van der Waals surface area contributed by atoms with Gasteiger partial charge in [0.05, 0.1) is 18.9 Å². The monoisotopic (exact) mass is 288 g/mol. The number of ether oxygens (including phenoxy) is 1. The van der Waals surface area contributed by atoms with Crippen molar-refractivity contribution < 1.29 is 24.2 Å². The van der Waals surface area contributed by atoms with Crippen LogP contribution in [-0.2, 0) is 14.3 Å². The fourth-order valence-corrected chi connectivity index (χ4v) is 1.58. The maximum Gasteiger partial charge on any atom is 0.319 e. The topological polar surface area (TPSA) is 87.2 Å². The number of amides is 2. The van der Waals surface area contributed by atoms with Gasteiger partial charge in [0.15, 0.2) is 0 Å². The highest BCUT2D eigenvalue weighted by Gasteiger charge is 2.22. The quantitative estimate of drug-likeness (QED) is 0.674. The molecule has 2 amide bonds. The number of aliphatic carboxylic acids is 1. The molecule has 0 bridgehead atoms. The van der Waals surface area contributed by atoms with Gasteiger partial charge in [0, 0.05) is 26.7 Å². The van der Waals surface area contributed by atoms with Crippen molar-refractivity contribution in [1.82, 2.24) is 9.80 Å². The normalized spacial score (nSPS) is 11.6. The van der Waals surface area contributed by atoms with Crippen LogP contribution in [0.2, 0.25) is 0 Å². The zero-order chi connectivity index (χ0) is 15.7. The standard InChI is InChI=1S/C13H24N2O5/c1-5-15(9-10(3)12(17)18)13(19)14(4)8-7-11(16)20-6-2/h10H,5-9H2,1-4H3,(H,17,18). The molecule has 0 saturated carbocycles.